The molecule has 106 valence electrons. The molecule has 0 aromatic carbocycles. The van der Waals surface area contributed by atoms with E-state index in [4.69, 9.17) is 20.8 Å². The second kappa shape index (κ2) is 7.16. The summed E-state index contributed by atoms with van der Waals surface area (Å²) in [6.07, 6.45) is 1.33. The molecule has 0 unspecified atom stereocenters. The van der Waals surface area contributed by atoms with Gasteiger partial charge < -0.3 is 19.0 Å². The summed E-state index contributed by atoms with van der Waals surface area (Å²) >= 11 is 5.77. The van der Waals surface area contributed by atoms with E-state index in [0.29, 0.717) is 13.2 Å². The second-order valence-electron chi connectivity index (χ2n) is 4.12. The molecule has 2 amide bonds. The highest BCUT2D eigenvalue weighted by Gasteiger charge is 2.22. The van der Waals surface area contributed by atoms with Crippen LogP contribution in [-0.4, -0.2) is 62.5 Å². The number of furan rings is 1. The minimum atomic E-state index is -0.356. The summed E-state index contributed by atoms with van der Waals surface area (Å²) in [5, 5.41) is 0.0183. The highest BCUT2D eigenvalue weighted by Crippen LogP contribution is 2.18. The van der Waals surface area contributed by atoms with Crippen LogP contribution in [0.2, 0.25) is 5.22 Å². The smallest absolute Gasteiger partial charge is 0.259 e. The number of nitrogens with zero attached hydrogens (tertiary/aromatic N) is 2. The largest absolute Gasteiger partial charge is 0.452 e. The molecule has 0 spiro atoms. The van der Waals surface area contributed by atoms with Crippen LogP contribution in [0.5, 0.6) is 0 Å². The number of amides is 2. The van der Waals surface area contributed by atoms with Crippen molar-refractivity contribution in [1.29, 1.82) is 0 Å². The molecule has 0 aliphatic rings. The third-order valence-corrected chi connectivity index (χ3v) is 2.82. The average Bonchev–Trinajstić information content (AvgIpc) is 2.79. The Labute approximate surface area is 116 Å². The summed E-state index contributed by atoms with van der Waals surface area (Å²) in [5.74, 6) is -0.532. The lowest BCUT2D eigenvalue weighted by molar-refractivity contribution is -0.129. The van der Waals surface area contributed by atoms with E-state index in [9.17, 15) is 9.59 Å². The Morgan fingerprint density at radius 1 is 1.42 bits per heavy atom. The zero-order valence-electron chi connectivity index (χ0n) is 11.2. The molecule has 0 aliphatic heterocycles. The lowest BCUT2D eigenvalue weighted by Gasteiger charge is -2.23. The van der Waals surface area contributed by atoms with Gasteiger partial charge in [0.15, 0.2) is 0 Å². The first-order chi connectivity index (χ1) is 8.97. The molecule has 1 aromatic heterocycles. The minimum Gasteiger partial charge on any atom is -0.452 e. The van der Waals surface area contributed by atoms with Crippen molar-refractivity contribution >= 4 is 23.4 Å². The third-order valence-electron chi connectivity index (χ3n) is 2.53. The molecule has 0 bridgehead atoms. The number of carbonyl (C=O) groups excluding carboxylic acids is 2. The van der Waals surface area contributed by atoms with E-state index in [1.165, 1.54) is 29.2 Å². The van der Waals surface area contributed by atoms with Crippen LogP contribution < -0.4 is 0 Å². The van der Waals surface area contributed by atoms with Crippen LogP contribution in [0.3, 0.4) is 0 Å². The van der Waals surface area contributed by atoms with Crippen molar-refractivity contribution in [2.75, 3.05) is 40.9 Å². The Balaban J connectivity index is 2.81. The van der Waals surface area contributed by atoms with E-state index in [2.05, 4.69) is 0 Å². The molecule has 0 atom stereocenters. The number of ether oxygens (including phenoxy) is 1. The molecule has 6 nitrogen and oxygen atoms in total. The van der Waals surface area contributed by atoms with Crippen LogP contribution in [0.4, 0.5) is 0 Å². The van der Waals surface area contributed by atoms with Gasteiger partial charge in [-0.15, -0.1) is 0 Å². The standard InChI is InChI=1S/C12H17ClN2O4/c1-14(2)10(16)8-15(5-7-18-3)12(17)9-4-6-19-11(9)13/h4,6H,5,7-8H2,1-3H3. The van der Waals surface area contributed by atoms with Crippen LogP contribution in [0.15, 0.2) is 16.7 Å². The third kappa shape index (κ3) is 4.25. The normalized spacial score (nSPS) is 10.3. The fourth-order valence-electron chi connectivity index (χ4n) is 1.38. The molecular weight excluding hydrogens is 272 g/mol. The number of likely N-dealkylation sites (N-methyl/N-ethyl adjacent to an activating group) is 1. The van der Waals surface area contributed by atoms with Gasteiger partial charge in [-0.3, -0.25) is 9.59 Å². The fraction of sp³-hybridized carbons (Fsp3) is 0.500. The van der Waals surface area contributed by atoms with Gasteiger partial charge in [0.2, 0.25) is 11.1 Å². The molecule has 0 fully saturated rings. The zero-order valence-corrected chi connectivity index (χ0v) is 11.9. The summed E-state index contributed by atoms with van der Waals surface area (Å²) in [7, 11) is 4.79. The Hall–Kier alpha value is -1.53. The molecule has 0 aliphatic carbocycles. The van der Waals surface area contributed by atoms with Gasteiger partial charge in [-0.2, -0.15) is 0 Å². The van der Waals surface area contributed by atoms with Crippen molar-refractivity contribution in [1.82, 2.24) is 9.80 Å². The minimum absolute atomic E-state index is 0.0183. The van der Waals surface area contributed by atoms with Gasteiger partial charge in [0, 0.05) is 27.7 Å². The Kier molecular flexibility index (Phi) is 5.85. The van der Waals surface area contributed by atoms with Crippen molar-refractivity contribution in [2.45, 2.75) is 0 Å². The van der Waals surface area contributed by atoms with Gasteiger partial charge in [0.05, 0.1) is 18.4 Å². The van der Waals surface area contributed by atoms with Gasteiger partial charge in [-0.1, -0.05) is 0 Å². The van der Waals surface area contributed by atoms with E-state index in [0.717, 1.165) is 0 Å². The molecule has 0 radical (unpaired) electrons. The quantitative estimate of drug-likeness (QED) is 0.787. The highest BCUT2D eigenvalue weighted by molar-refractivity contribution is 6.32. The number of rotatable bonds is 6. The Morgan fingerprint density at radius 2 is 2.11 bits per heavy atom. The molecule has 1 aromatic rings. The molecule has 1 heterocycles. The summed E-state index contributed by atoms with van der Waals surface area (Å²) in [6, 6.07) is 1.48. The van der Waals surface area contributed by atoms with Gasteiger partial charge in [0.25, 0.3) is 5.91 Å². The lowest BCUT2D eigenvalue weighted by atomic mass is 10.3. The molecule has 7 heteroatoms. The average molecular weight is 289 g/mol. The van der Waals surface area contributed by atoms with Gasteiger partial charge in [-0.05, 0) is 17.7 Å². The van der Waals surface area contributed by atoms with Gasteiger partial charge in [0.1, 0.15) is 6.54 Å². The van der Waals surface area contributed by atoms with E-state index in [1.54, 1.807) is 14.1 Å². The van der Waals surface area contributed by atoms with Crippen LogP contribution in [0.25, 0.3) is 0 Å². The number of hydrogen-bond acceptors (Lipinski definition) is 4. The van der Waals surface area contributed by atoms with Crippen LogP contribution in [-0.2, 0) is 9.53 Å². The number of halogens is 1. The van der Waals surface area contributed by atoms with Crippen LogP contribution in [0, 0.1) is 0 Å². The van der Waals surface area contributed by atoms with E-state index < -0.39 is 0 Å². The summed E-state index contributed by atoms with van der Waals surface area (Å²) in [5.41, 5.74) is 0.240. The second-order valence-corrected chi connectivity index (χ2v) is 4.46. The molecule has 0 N–H and O–H groups in total. The topological polar surface area (TPSA) is 63.0 Å². The molecule has 1 rings (SSSR count). The van der Waals surface area contributed by atoms with Crippen molar-refractivity contribution in [2.24, 2.45) is 0 Å². The van der Waals surface area contributed by atoms with E-state index >= 15 is 0 Å². The fourth-order valence-corrected chi connectivity index (χ4v) is 1.57. The SMILES string of the molecule is COCCN(CC(=O)N(C)C)C(=O)c1ccoc1Cl. The lowest BCUT2D eigenvalue weighted by Crippen LogP contribution is -2.41. The summed E-state index contributed by atoms with van der Waals surface area (Å²) in [6.45, 7) is 0.606. The number of carbonyl (C=O) groups is 2. The predicted molar refractivity (Wildman–Crippen MR) is 70.2 cm³/mol. The molecular formula is C12H17ClN2O4. The summed E-state index contributed by atoms with van der Waals surface area (Å²) < 4.78 is 9.82. The molecule has 0 saturated carbocycles. The number of hydrogen-bond donors (Lipinski definition) is 0. The Morgan fingerprint density at radius 3 is 2.58 bits per heavy atom. The molecule has 0 saturated heterocycles. The van der Waals surface area contributed by atoms with Gasteiger partial charge in [-0.25, -0.2) is 0 Å². The maximum absolute atomic E-state index is 12.2. The van der Waals surface area contributed by atoms with Crippen molar-refractivity contribution in [3.05, 3.63) is 23.1 Å². The summed E-state index contributed by atoms with van der Waals surface area (Å²) in [4.78, 5) is 26.8. The van der Waals surface area contributed by atoms with Crippen LogP contribution >= 0.6 is 11.6 Å². The van der Waals surface area contributed by atoms with E-state index in [-0.39, 0.29) is 29.1 Å². The first-order valence-corrected chi connectivity index (χ1v) is 6.06. The van der Waals surface area contributed by atoms with Crippen LogP contribution in [0.1, 0.15) is 10.4 Å². The Bertz CT molecular complexity index is 445. The zero-order chi connectivity index (χ0) is 14.4. The van der Waals surface area contributed by atoms with Crippen molar-refractivity contribution in [3.8, 4) is 0 Å². The predicted octanol–water partition coefficient (Wildman–Crippen LogP) is 1.11. The maximum Gasteiger partial charge on any atom is 0.259 e. The van der Waals surface area contributed by atoms with Crippen molar-refractivity contribution < 1.29 is 18.7 Å². The number of methoxy groups -OCH3 is 1. The van der Waals surface area contributed by atoms with Gasteiger partial charge >= 0.3 is 0 Å². The first-order valence-electron chi connectivity index (χ1n) is 5.68. The monoisotopic (exact) mass is 288 g/mol. The van der Waals surface area contributed by atoms with E-state index in [1.807, 2.05) is 0 Å². The maximum atomic E-state index is 12.2. The highest BCUT2D eigenvalue weighted by atomic mass is 35.5. The first kappa shape index (κ1) is 15.5. The van der Waals surface area contributed by atoms with Crippen molar-refractivity contribution in [3.63, 3.8) is 0 Å². The molecule has 19 heavy (non-hydrogen) atoms.